The molecule has 4 aromatic carbocycles. The van der Waals surface area contributed by atoms with Gasteiger partial charge in [0.25, 0.3) is 0 Å². The minimum absolute atomic E-state index is 0.0397. The first-order valence-corrected chi connectivity index (χ1v) is 12.6. The van der Waals surface area contributed by atoms with E-state index in [4.69, 9.17) is 32.7 Å². The minimum Gasteiger partial charge on any atom is -0.508 e. The molecule has 38 heavy (non-hydrogen) atoms. The molecule has 2 aliphatic heterocycles. The summed E-state index contributed by atoms with van der Waals surface area (Å²) in [6.45, 7) is 0. The third-order valence-electron chi connectivity index (χ3n) is 6.25. The van der Waals surface area contributed by atoms with Crippen LogP contribution < -0.4 is 9.47 Å². The summed E-state index contributed by atoms with van der Waals surface area (Å²) < 4.78 is 11.6. The summed E-state index contributed by atoms with van der Waals surface area (Å²) in [7, 11) is 0. The van der Waals surface area contributed by atoms with Crippen LogP contribution in [0.25, 0.3) is 0 Å². The number of rotatable bonds is 2. The molecule has 6 rings (SSSR count). The molecule has 0 fully saturated rings. The third-order valence-corrected chi connectivity index (χ3v) is 6.72. The van der Waals surface area contributed by atoms with Gasteiger partial charge in [0.2, 0.25) is 0 Å². The van der Waals surface area contributed by atoms with Gasteiger partial charge in [0.15, 0.2) is 11.6 Å². The summed E-state index contributed by atoms with van der Waals surface area (Å²) >= 11 is 11.9. The Kier molecular flexibility index (Phi) is 7.27. The third kappa shape index (κ3) is 5.62. The van der Waals surface area contributed by atoms with Gasteiger partial charge in [-0.15, -0.1) is 0 Å². The molecular formula is C30H22Cl2O6. The van der Waals surface area contributed by atoms with Crippen LogP contribution in [0.5, 0.6) is 23.0 Å². The van der Waals surface area contributed by atoms with Crippen LogP contribution in [0.3, 0.4) is 0 Å². The molecule has 8 heteroatoms. The van der Waals surface area contributed by atoms with Crippen molar-refractivity contribution in [3.63, 3.8) is 0 Å². The molecule has 0 aliphatic carbocycles. The first-order chi connectivity index (χ1) is 18.3. The molecule has 0 radical (unpaired) electrons. The molecule has 2 unspecified atom stereocenters. The number of carbonyl (C=O) groups excluding carboxylic acids is 2. The van der Waals surface area contributed by atoms with Gasteiger partial charge in [-0.2, -0.15) is 0 Å². The molecular weight excluding hydrogens is 527 g/mol. The molecule has 2 heterocycles. The fourth-order valence-electron chi connectivity index (χ4n) is 4.41. The summed E-state index contributed by atoms with van der Waals surface area (Å²) in [6.07, 6.45) is -0.167. The molecule has 0 saturated carbocycles. The van der Waals surface area contributed by atoms with Crippen molar-refractivity contribution in [3.8, 4) is 23.0 Å². The van der Waals surface area contributed by atoms with Gasteiger partial charge in [0.1, 0.15) is 35.2 Å². The van der Waals surface area contributed by atoms with E-state index in [1.54, 1.807) is 36.4 Å². The van der Waals surface area contributed by atoms with Gasteiger partial charge in [-0.25, -0.2) is 0 Å². The van der Waals surface area contributed by atoms with Gasteiger partial charge < -0.3 is 19.7 Å². The molecule has 192 valence electrons. The van der Waals surface area contributed by atoms with Crippen molar-refractivity contribution in [1.29, 1.82) is 0 Å². The van der Waals surface area contributed by atoms with Crippen molar-refractivity contribution >= 4 is 34.8 Å². The van der Waals surface area contributed by atoms with E-state index in [0.29, 0.717) is 32.7 Å². The summed E-state index contributed by atoms with van der Waals surface area (Å²) in [4.78, 5) is 24.2. The monoisotopic (exact) mass is 548 g/mol. The molecule has 6 nitrogen and oxygen atoms in total. The lowest BCUT2D eigenvalue weighted by molar-refractivity contribution is 0.0840. The number of ketones is 2. The second kappa shape index (κ2) is 10.8. The van der Waals surface area contributed by atoms with Gasteiger partial charge >= 0.3 is 0 Å². The average molecular weight is 549 g/mol. The van der Waals surface area contributed by atoms with E-state index in [0.717, 1.165) is 11.1 Å². The number of phenols is 2. The zero-order valence-electron chi connectivity index (χ0n) is 19.9. The van der Waals surface area contributed by atoms with Crippen LogP contribution >= 0.6 is 23.2 Å². The molecule has 2 N–H and O–H groups in total. The number of hydrogen-bond acceptors (Lipinski definition) is 6. The first kappa shape index (κ1) is 25.6. The molecule has 0 amide bonds. The minimum atomic E-state index is -0.330. The summed E-state index contributed by atoms with van der Waals surface area (Å²) in [6, 6.07) is 23.7. The van der Waals surface area contributed by atoms with Gasteiger partial charge in [0.05, 0.1) is 24.0 Å². The van der Waals surface area contributed by atoms with Crippen molar-refractivity contribution in [2.75, 3.05) is 0 Å². The standard InChI is InChI=1S/2C15H11ClO3/c2*16-10-3-1-2-9(6-10)15-8-13(18)12-7-11(17)4-5-14(12)19-15/h2*1-7,15,17H,8H2. The molecule has 0 bridgehead atoms. The van der Waals surface area contributed by atoms with E-state index >= 15 is 0 Å². The highest BCUT2D eigenvalue weighted by molar-refractivity contribution is 6.30. The van der Waals surface area contributed by atoms with Crippen molar-refractivity contribution < 1.29 is 29.3 Å². The second-order valence-corrected chi connectivity index (χ2v) is 9.81. The fraction of sp³-hybridized carbons (Fsp3) is 0.133. The fourth-order valence-corrected chi connectivity index (χ4v) is 4.81. The molecule has 2 atom stereocenters. The van der Waals surface area contributed by atoms with Crippen LogP contribution in [0.2, 0.25) is 10.0 Å². The van der Waals surface area contributed by atoms with Crippen molar-refractivity contribution in [2.45, 2.75) is 25.0 Å². The number of aromatic hydroxyl groups is 2. The highest BCUT2D eigenvalue weighted by Crippen LogP contribution is 2.38. The number of ether oxygens (including phenoxy) is 2. The van der Waals surface area contributed by atoms with Crippen molar-refractivity contribution in [3.05, 3.63) is 117 Å². The predicted octanol–water partition coefficient (Wildman–Crippen LogP) is 7.50. The maximum atomic E-state index is 12.1. The smallest absolute Gasteiger partial charge is 0.170 e. The normalized spacial score (nSPS) is 17.7. The molecule has 0 saturated heterocycles. The van der Waals surface area contributed by atoms with Gasteiger partial charge in [0, 0.05) is 10.0 Å². The van der Waals surface area contributed by atoms with Crippen LogP contribution in [0, 0.1) is 0 Å². The molecule has 4 aromatic rings. The van der Waals surface area contributed by atoms with Crippen LogP contribution in [0.15, 0.2) is 84.9 Å². The lowest BCUT2D eigenvalue weighted by Gasteiger charge is -2.25. The molecule has 2 aliphatic rings. The van der Waals surface area contributed by atoms with E-state index in [-0.39, 0.29) is 48.1 Å². The Labute approximate surface area is 229 Å². The van der Waals surface area contributed by atoms with E-state index in [1.807, 2.05) is 24.3 Å². The highest BCUT2D eigenvalue weighted by Gasteiger charge is 2.29. The van der Waals surface area contributed by atoms with Crippen molar-refractivity contribution in [2.24, 2.45) is 0 Å². The Morgan fingerprint density at radius 2 is 1.03 bits per heavy atom. The summed E-state index contributed by atoms with van der Waals surface area (Å²) in [5, 5.41) is 20.0. The first-order valence-electron chi connectivity index (χ1n) is 11.8. The highest BCUT2D eigenvalue weighted by atomic mass is 35.5. The van der Waals surface area contributed by atoms with E-state index < -0.39 is 0 Å². The summed E-state index contributed by atoms with van der Waals surface area (Å²) in [5.41, 5.74) is 2.61. The van der Waals surface area contributed by atoms with Gasteiger partial charge in [-0.05, 0) is 71.8 Å². The van der Waals surface area contributed by atoms with Crippen LogP contribution in [0.4, 0.5) is 0 Å². The van der Waals surface area contributed by atoms with Crippen molar-refractivity contribution in [1.82, 2.24) is 0 Å². The van der Waals surface area contributed by atoms with Crippen LogP contribution in [0.1, 0.15) is 56.9 Å². The topological polar surface area (TPSA) is 93.1 Å². The zero-order chi connectivity index (χ0) is 26.8. The van der Waals surface area contributed by atoms with Crippen LogP contribution in [-0.2, 0) is 0 Å². The number of benzene rings is 4. The Morgan fingerprint density at radius 3 is 1.42 bits per heavy atom. The Morgan fingerprint density at radius 1 is 0.605 bits per heavy atom. The molecule has 0 aromatic heterocycles. The lowest BCUT2D eigenvalue weighted by atomic mass is 9.96. The predicted molar refractivity (Wildman–Crippen MR) is 144 cm³/mol. The average Bonchev–Trinajstić information content (AvgIpc) is 2.90. The maximum Gasteiger partial charge on any atom is 0.170 e. The zero-order valence-corrected chi connectivity index (χ0v) is 21.4. The SMILES string of the molecule is O=C1CC(c2cccc(Cl)c2)Oc2ccc(O)cc21.O=C1CC(c2cccc(Cl)c2)Oc2ccc(O)cc21. The Balaban J connectivity index is 0.000000155. The van der Waals surface area contributed by atoms with E-state index in [2.05, 4.69) is 0 Å². The number of phenolic OH excluding ortho intramolecular Hbond substituents is 2. The van der Waals surface area contributed by atoms with E-state index in [1.165, 1.54) is 24.3 Å². The number of halogens is 2. The number of carbonyl (C=O) groups is 2. The largest absolute Gasteiger partial charge is 0.508 e. The number of Topliss-reactive ketones (excluding diaryl/α,β-unsaturated/α-hetero) is 2. The van der Waals surface area contributed by atoms with Crippen LogP contribution in [-0.4, -0.2) is 21.8 Å². The number of hydrogen-bond donors (Lipinski definition) is 2. The Hall–Kier alpha value is -4.00. The Bertz CT molecular complexity index is 1420. The lowest BCUT2D eigenvalue weighted by Crippen LogP contribution is -2.20. The van der Waals surface area contributed by atoms with Gasteiger partial charge in [-0.1, -0.05) is 47.5 Å². The number of fused-ring (bicyclic) bond motifs is 2. The molecule has 0 spiro atoms. The van der Waals surface area contributed by atoms with Gasteiger partial charge in [-0.3, -0.25) is 9.59 Å². The second-order valence-electron chi connectivity index (χ2n) is 8.94. The summed E-state index contributed by atoms with van der Waals surface area (Å²) in [5.74, 6) is 1.05. The quantitative estimate of drug-likeness (QED) is 0.269. The maximum absolute atomic E-state index is 12.1. The van der Waals surface area contributed by atoms with E-state index in [9.17, 15) is 19.8 Å².